The molecule has 1 aromatic heterocycles. The Kier molecular flexibility index (Phi) is 6.96. The van der Waals surface area contributed by atoms with Crippen molar-refractivity contribution < 1.29 is 4.74 Å². The fourth-order valence-electron chi connectivity index (χ4n) is 3.50. The summed E-state index contributed by atoms with van der Waals surface area (Å²) < 4.78 is 7.62. The van der Waals surface area contributed by atoms with Crippen LogP contribution in [0.3, 0.4) is 0 Å². The van der Waals surface area contributed by atoms with Crippen molar-refractivity contribution in [3.8, 4) is 17.1 Å². The summed E-state index contributed by atoms with van der Waals surface area (Å²) in [6.45, 7) is 10.2. The highest BCUT2D eigenvalue weighted by atomic mass is 32.2. The second kappa shape index (κ2) is 9.71. The maximum absolute atomic E-state index is 5.53. The molecule has 168 valence electrons. The van der Waals surface area contributed by atoms with Crippen molar-refractivity contribution in [3.63, 3.8) is 0 Å². The molecule has 7 heteroatoms. The Balaban J connectivity index is 1.35. The van der Waals surface area contributed by atoms with Crippen molar-refractivity contribution in [2.45, 2.75) is 43.5 Å². The summed E-state index contributed by atoms with van der Waals surface area (Å²) in [7, 11) is 2.04. The van der Waals surface area contributed by atoms with Crippen LogP contribution in [0.15, 0.2) is 58.7 Å². The predicted molar refractivity (Wildman–Crippen MR) is 136 cm³/mol. The monoisotopic (exact) mass is 466 g/mol. The minimum Gasteiger partial charge on any atom is -0.494 e. The van der Waals surface area contributed by atoms with E-state index in [0.717, 1.165) is 45.2 Å². The molecule has 0 radical (unpaired) electrons. The molecular formula is C25H30N4OS2. The lowest BCUT2D eigenvalue weighted by molar-refractivity contribution is 0.340. The Bertz CT molecular complexity index is 1080. The molecule has 0 bridgehead atoms. The van der Waals surface area contributed by atoms with Crippen molar-refractivity contribution in [2.24, 2.45) is 12.0 Å². The number of aromatic nitrogens is 3. The van der Waals surface area contributed by atoms with Gasteiger partial charge in [-0.3, -0.25) is 4.99 Å². The third kappa shape index (κ3) is 5.21. The summed E-state index contributed by atoms with van der Waals surface area (Å²) >= 11 is 3.59. The van der Waals surface area contributed by atoms with Crippen LogP contribution < -0.4 is 4.74 Å². The molecule has 0 N–H and O–H groups in total. The number of benzene rings is 2. The summed E-state index contributed by atoms with van der Waals surface area (Å²) in [4.78, 5) is 4.76. The maximum atomic E-state index is 5.53. The van der Waals surface area contributed by atoms with E-state index in [9.17, 15) is 0 Å². The third-order valence-corrected chi connectivity index (χ3v) is 8.00. The number of nitrogens with zero attached hydrogens (tertiary/aromatic N) is 4. The van der Waals surface area contributed by atoms with E-state index in [-0.39, 0.29) is 5.41 Å². The molecule has 0 saturated carbocycles. The van der Waals surface area contributed by atoms with Gasteiger partial charge in [-0.25, -0.2) is 0 Å². The van der Waals surface area contributed by atoms with Gasteiger partial charge in [-0.05, 0) is 42.2 Å². The first-order valence-electron chi connectivity index (χ1n) is 10.9. The van der Waals surface area contributed by atoms with E-state index in [4.69, 9.17) is 9.73 Å². The Labute approximate surface area is 199 Å². The van der Waals surface area contributed by atoms with Crippen molar-refractivity contribution in [3.05, 3.63) is 59.7 Å². The van der Waals surface area contributed by atoms with Gasteiger partial charge < -0.3 is 9.30 Å². The van der Waals surface area contributed by atoms with Crippen LogP contribution >= 0.6 is 23.5 Å². The van der Waals surface area contributed by atoms with Crippen LogP contribution in [-0.2, 0) is 12.5 Å². The zero-order valence-corrected chi connectivity index (χ0v) is 21.0. The SMILES string of the molecule is CCOc1ccc(C2=NCC(CSc3nnc(-c4ccc(C(C)(C)C)cc4)n3C)S2)cc1. The van der Waals surface area contributed by atoms with Crippen LogP contribution in [0.2, 0.25) is 0 Å². The summed E-state index contributed by atoms with van der Waals surface area (Å²) in [6.07, 6.45) is 0. The average molecular weight is 467 g/mol. The maximum Gasteiger partial charge on any atom is 0.191 e. The Hall–Kier alpha value is -2.25. The molecule has 5 nitrogen and oxygen atoms in total. The molecule has 2 heterocycles. The van der Waals surface area contributed by atoms with E-state index in [2.05, 4.69) is 71.9 Å². The lowest BCUT2D eigenvalue weighted by Gasteiger charge is -2.19. The van der Waals surface area contributed by atoms with E-state index in [1.165, 1.54) is 5.56 Å². The average Bonchev–Trinajstić information content (AvgIpc) is 3.39. The fourth-order valence-corrected chi connectivity index (χ4v) is 5.68. The number of hydrogen-bond donors (Lipinski definition) is 0. The van der Waals surface area contributed by atoms with Crippen LogP contribution in [0.4, 0.5) is 0 Å². The molecule has 3 aromatic rings. The van der Waals surface area contributed by atoms with Crippen molar-refractivity contribution in [1.82, 2.24) is 14.8 Å². The van der Waals surface area contributed by atoms with Gasteiger partial charge in [-0.15, -0.1) is 22.0 Å². The van der Waals surface area contributed by atoms with Crippen molar-refractivity contribution in [1.29, 1.82) is 0 Å². The Morgan fingerprint density at radius 3 is 2.38 bits per heavy atom. The quantitative estimate of drug-likeness (QED) is 0.410. The smallest absolute Gasteiger partial charge is 0.191 e. The first-order chi connectivity index (χ1) is 15.3. The normalized spacial score (nSPS) is 16.3. The molecule has 1 aliphatic heterocycles. The van der Waals surface area contributed by atoms with Gasteiger partial charge in [0.05, 0.1) is 18.2 Å². The van der Waals surface area contributed by atoms with Gasteiger partial charge in [0.1, 0.15) is 5.75 Å². The lowest BCUT2D eigenvalue weighted by Crippen LogP contribution is -2.10. The van der Waals surface area contributed by atoms with Crippen LogP contribution in [0, 0.1) is 0 Å². The van der Waals surface area contributed by atoms with E-state index in [0.29, 0.717) is 11.9 Å². The third-order valence-electron chi connectivity index (χ3n) is 5.37. The zero-order chi connectivity index (χ0) is 22.7. The van der Waals surface area contributed by atoms with Gasteiger partial charge in [-0.1, -0.05) is 56.8 Å². The second-order valence-corrected chi connectivity index (χ2v) is 11.1. The Morgan fingerprint density at radius 2 is 1.72 bits per heavy atom. The van der Waals surface area contributed by atoms with E-state index in [1.54, 1.807) is 11.8 Å². The minimum absolute atomic E-state index is 0.143. The highest BCUT2D eigenvalue weighted by Gasteiger charge is 2.22. The molecule has 1 atom stereocenters. The van der Waals surface area contributed by atoms with Crippen molar-refractivity contribution in [2.75, 3.05) is 18.9 Å². The van der Waals surface area contributed by atoms with Crippen LogP contribution in [0.1, 0.15) is 38.8 Å². The zero-order valence-electron chi connectivity index (χ0n) is 19.3. The molecule has 4 rings (SSSR count). The number of hydrogen-bond acceptors (Lipinski definition) is 6. The summed E-state index contributed by atoms with van der Waals surface area (Å²) in [6, 6.07) is 16.9. The second-order valence-electron chi connectivity index (χ2n) is 8.85. The lowest BCUT2D eigenvalue weighted by atomic mass is 9.87. The van der Waals surface area contributed by atoms with Gasteiger partial charge in [0.25, 0.3) is 0 Å². The standard InChI is InChI=1S/C25H30N4OS2/c1-6-30-20-13-9-18(10-14-20)23-26-15-21(32-23)16-31-24-28-27-22(29(24)5)17-7-11-19(12-8-17)25(2,3)4/h7-14,21H,6,15-16H2,1-5H3. The van der Waals surface area contributed by atoms with Crippen molar-refractivity contribution >= 4 is 28.6 Å². The van der Waals surface area contributed by atoms with Gasteiger partial charge in [-0.2, -0.15) is 0 Å². The molecule has 0 saturated heterocycles. The molecule has 32 heavy (non-hydrogen) atoms. The van der Waals surface area contributed by atoms with Crippen LogP contribution in [0.25, 0.3) is 11.4 Å². The van der Waals surface area contributed by atoms with Gasteiger partial charge in [0.15, 0.2) is 11.0 Å². The molecule has 0 amide bonds. The van der Waals surface area contributed by atoms with E-state index < -0.39 is 0 Å². The highest BCUT2D eigenvalue weighted by Crippen LogP contribution is 2.32. The molecule has 0 spiro atoms. The van der Waals surface area contributed by atoms with Gasteiger partial charge in [0, 0.05) is 29.2 Å². The first kappa shape index (κ1) is 22.9. The van der Waals surface area contributed by atoms with E-state index in [1.807, 2.05) is 37.9 Å². The highest BCUT2D eigenvalue weighted by molar-refractivity contribution is 8.16. The molecule has 1 unspecified atom stereocenters. The first-order valence-corrected chi connectivity index (χ1v) is 12.8. The minimum atomic E-state index is 0.143. The van der Waals surface area contributed by atoms with Gasteiger partial charge >= 0.3 is 0 Å². The molecule has 2 aromatic carbocycles. The molecule has 1 aliphatic rings. The van der Waals surface area contributed by atoms with Crippen LogP contribution in [-0.4, -0.2) is 44.0 Å². The topological polar surface area (TPSA) is 52.3 Å². The van der Waals surface area contributed by atoms with Crippen LogP contribution in [0.5, 0.6) is 5.75 Å². The molecule has 0 aliphatic carbocycles. The number of rotatable bonds is 7. The van der Waals surface area contributed by atoms with E-state index >= 15 is 0 Å². The number of ether oxygens (including phenoxy) is 1. The molecule has 0 fully saturated rings. The summed E-state index contributed by atoms with van der Waals surface area (Å²) in [5, 5.41) is 11.4. The molecular weight excluding hydrogens is 436 g/mol. The fraction of sp³-hybridized carbons (Fsp3) is 0.400. The largest absolute Gasteiger partial charge is 0.494 e. The number of aliphatic imine (C=N–C) groups is 1. The summed E-state index contributed by atoms with van der Waals surface area (Å²) in [5.74, 6) is 2.75. The Morgan fingerprint density at radius 1 is 1.03 bits per heavy atom. The predicted octanol–water partition coefficient (Wildman–Crippen LogP) is 5.83. The number of thioether (sulfide) groups is 2. The summed E-state index contributed by atoms with van der Waals surface area (Å²) in [5.41, 5.74) is 3.71. The van der Waals surface area contributed by atoms with Gasteiger partial charge in [0.2, 0.25) is 0 Å².